The van der Waals surface area contributed by atoms with Crippen LogP contribution in [0.4, 0.5) is 0 Å². The van der Waals surface area contributed by atoms with Crippen molar-refractivity contribution < 1.29 is 9.59 Å². The highest BCUT2D eigenvalue weighted by Crippen LogP contribution is 2.53. The predicted octanol–water partition coefficient (Wildman–Crippen LogP) is 4.78. The molecule has 0 unspecified atom stereocenters. The summed E-state index contributed by atoms with van der Waals surface area (Å²) in [6.07, 6.45) is 2.10. The van der Waals surface area contributed by atoms with Crippen molar-refractivity contribution in [3.05, 3.63) is 117 Å². The highest BCUT2D eigenvalue weighted by Gasteiger charge is 2.53. The van der Waals surface area contributed by atoms with Crippen LogP contribution in [-0.4, -0.2) is 26.2 Å². The fourth-order valence-corrected chi connectivity index (χ4v) is 8.32. The Morgan fingerprint density at radius 2 is 1.51 bits per heavy atom. The molecule has 0 bridgehead atoms. The third kappa shape index (κ3) is 3.51. The van der Waals surface area contributed by atoms with E-state index in [1.807, 2.05) is 60.7 Å². The third-order valence-corrected chi connectivity index (χ3v) is 9.71. The van der Waals surface area contributed by atoms with Gasteiger partial charge in [0.05, 0.1) is 16.6 Å². The van der Waals surface area contributed by atoms with Gasteiger partial charge in [0, 0.05) is 34.4 Å². The highest BCUT2D eigenvalue weighted by atomic mass is 32.2. The minimum absolute atomic E-state index is 0.116. The van der Waals surface area contributed by atoms with E-state index >= 15 is 0 Å². The fraction of sp³-hybridized carbons (Fsp3) is 0.138. The number of para-hydroxylation sites is 2. The predicted molar refractivity (Wildman–Crippen MR) is 146 cm³/mol. The van der Waals surface area contributed by atoms with Gasteiger partial charge in [0.2, 0.25) is 11.8 Å². The minimum Gasteiger partial charge on any atom is -0.343 e. The molecule has 2 aliphatic heterocycles. The van der Waals surface area contributed by atoms with Crippen LogP contribution in [-0.2, 0) is 16.1 Å². The molecule has 182 valence electrons. The molecule has 8 heteroatoms. The lowest BCUT2D eigenvalue weighted by Gasteiger charge is -2.30. The van der Waals surface area contributed by atoms with E-state index in [0.29, 0.717) is 6.54 Å². The van der Waals surface area contributed by atoms with Gasteiger partial charge in [0.1, 0.15) is 5.25 Å². The summed E-state index contributed by atoms with van der Waals surface area (Å²) in [4.78, 5) is 40.2. The van der Waals surface area contributed by atoms with Gasteiger partial charge in [-0.25, -0.2) is 0 Å². The molecule has 2 amide bonds. The van der Waals surface area contributed by atoms with E-state index in [1.165, 1.54) is 28.7 Å². The molecule has 3 aromatic carbocycles. The van der Waals surface area contributed by atoms with E-state index in [9.17, 15) is 14.4 Å². The number of rotatable bonds is 4. The van der Waals surface area contributed by atoms with E-state index in [1.54, 1.807) is 4.57 Å². The van der Waals surface area contributed by atoms with Crippen LogP contribution in [0.2, 0.25) is 0 Å². The fourth-order valence-electron chi connectivity index (χ4n) is 5.56. The number of thioether (sulfide) groups is 1. The second kappa shape index (κ2) is 8.61. The SMILES string of the molecule is O=C1NC(=O)[C@H]2Sc3c(sc(=O)n3-c3ccccc3)[C@@H](c3cn(Cc4ccccc4)c4ccccc34)[C@@H]12. The monoisotopic (exact) mass is 523 g/mol. The summed E-state index contributed by atoms with van der Waals surface area (Å²) in [7, 11) is 0. The van der Waals surface area contributed by atoms with Gasteiger partial charge in [0.25, 0.3) is 0 Å². The van der Waals surface area contributed by atoms with Crippen molar-refractivity contribution in [3.8, 4) is 5.69 Å². The molecular formula is C29H21N3O3S2. The van der Waals surface area contributed by atoms with E-state index in [4.69, 9.17) is 0 Å². The van der Waals surface area contributed by atoms with Crippen LogP contribution in [0.1, 0.15) is 21.9 Å². The molecule has 7 rings (SSSR count). The van der Waals surface area contributed by atoms with Gasteiger partial charge in [-0.3, -0.25) is 24.3 Å². The van der Waals surface area contributed by atoms with Crippen molar-refractivity contribution in [1.29, 1.82) is 0 Å². The number of imide groups is 1. The van der Waals surface area contributed by atoms with Gasteiger partial charge in [-0.2, -0.15) is 0 Å². The Kier molecular flexibility index (Phi) is 5.19. The van der Waals surface area contributed by atoms with Crippen LogP contribution in [0.3, 0.4) is 0 Å². The molecule has 2 aliphatic rings. The maximum atomic E-state index is 13.4. The van der Waals surface area contributed by atoms with E-state index in [-0.39, 0.29) is 16.7 Å². The number of carbonyl (C=O) groups is 2. The molecule has 1 fully saturated rings. The maximum Gasteiger partial charge on any atom is 0.312 e. The summed E-state index contributed by atoms with van der Waals surface area (Å²) >= 11 is 2.50. The van der Waals surface area contributed by atoms with E-state index in [0.717, 1.165) is 32.1 Å². The standard InChI is InChI=1S/C29H21N3O3S2/c33-26-23-22(20-16-31(15-17-9-3-1-4-10-17)21-14-8-7-13-19(20)21)25-28(36-24(23)27(34)30-26)32(29(35)37-25)18-11-5-2-6-12-18/h1-14,16,22-24H,15H2,(H,30,33,34)/t22-,23+,24-/m0/s1. The number of nitrogens with zero attached hydrogens (tertiary/aromatic N) is 2. The second-order valence-electron chi connectivity index (χ2n) is 9.32. The zero-order chi connectivity index (χ0) is 25.1. The second-order valence-corrected chi connectivity index (χ2v) is 11.4. The van der Waals surface area contributed by atoms with Gasteiger partial charge < -0.3 is 4.57 Å². The van der Waals surface area contributed by atoms with E-state index < -0.39 is 17.1 Å². The van der Waals surface area contributed by atoms with Crippen LogP contribution in [0.15, 0.2) is 101 Å². The summed E-state index contributed by atoms with van der Waals surface area (Å²) in [5.41, 5.74) is 3.94. The lowest BCUT2D eigenvalue weighted by molar-refractivity contribution is -0.125. The average molecular weight is 524 g/mol. The van der Waals surface area contributed by atoms with Crippen LogP contribution < -0.4 is 10.2 Å². The number of carbonyl (C=O) groups excluding carboxylic acids is 2. The zero-order valence-corrected chi connectivity index (χ0v) is 21.2. The molecule has 0 radical (unpaired) electrons. The summed E-state index contributed by atoms with van der Waals surface area (Å²) < 4.78 is 3.88. The maximum absolute atomic E-state index is 13.4. The van der Waals surface area contributed by atoms with Crippen LogP contribution in [0.25, 0.3) is 16.6 Å². The Morgan fingerprint density at radius 3 is 2.30 bits per heavy atom. The Labute approximate surface area is 220 Å². The zero-order valence-electron chi connectivity index (χ0n) is 19.5. The number of hydrogen-bond donors (Lipinski definition) is 1. The Balaban J connectivity index is 1.46. The largest absolute Gasteiger partial charge is 0.343 e. The minimum atomic E-state index is -0.592. The normalized spacial score (nSPS) is 20.6. The average Bonchev–Trinajstić information content (AvgIpc) is 3.54. The first-order valence-corrected chi connectivity index (χ1v) is 13.7. The van der Waals surface area contributed by atoms with Crippen molar-refractivity contribution in [2.45, 2.75) is 22.7 Å². The van der Waals surface area contributed by atoms with Crippen molar-refractivity contribution in [3.63, 3.8) is 0 Å². The van der Waals surface area contributed by atoms with Crippen LogP contribution in [0.5, 0.6) is 0 Å². The quantitative estimate of drug-likeness (QED) is 0.344. The molecule has 0 saturated carbocycles. The Bertz CT molecular complexity index is 1740. The first-order valence-electron chi connectivity index (χ1n) is 12.0. The highest BCUT2D eigenvalue weighted by molar-refractivity contribution is 8.00. The molecule has 4 heterocycles. The number of aromatic nitrogens is 2. The van der Waals surface area contributed by atoms with Crippen molar-refractivity contribution in [1.82, 2.24) is 14.5 Å². The summed E-state index contributed by atoms with van der Waals surface area (Å²) in [5, 5.41) is 3.75. The summed E-state index contributed by atoms with van der Waals surface area (Å²) in [5.74, 6) is -1.55. The number of fused-ring (bicyclic) bond motifs is 3. The van der Waals surface area contributed by atoms with Crippen LogP contribution in [0, 0.1) is 5.92 Å². The Hall–Kier alpha value is -3.88. The first-order chi connectivity index (χ1) is 18.1. The molecule has 0 spiro atoms. The molecular weight excluding hydrogens is 502 g/mol. The molecule has 1 saturated heterocycles. The number of thiazole rings is 1. The number of nitrogens with one attached hydrogen (secondary N) is 1. The number of amides is 2. The van der Waals surface area contributed by atoms with Gasteiger partial charge >= 0.3 is 4.87 Å². The molecule has 6 nitrogen and oxygen atoms in total. The van der Waals surface area contributed by atoms with Gasteiger partial charge in [-0.15, -0.1) is 0 Å². The molecule has 2 aromatic heterocycles. The number of hydrogen-bond acceptors (Lipinski definition) is 5. The van der Waals surface area contributed by atoms with Crippen molar-refractivity contribution in [2.24, 2.45) is 5.92 Å². The molecule has 5 aromatic rings. The summed E-state index contributed by atoms with van der Waals surface area (Å²) in [6.45, 7) is 0.677. The van der Waals surface area contributed by atoms with Crippen molar-refractivity contribution >= 4 is 45.8 Å². The lowest BCUT2D eigenvalue weighted by Crippen LogP contribution is -2.31. The van der Waals surface area contributed by atoms with Gasteiger partial charge in [0.15, 0.2) is 0 Å². The first kappa shape index (κ1) is 22.3. The third-order valence-electron chi connectivity index (χ3n) is 7.17. The molecule has 0 aliphatic carbocycles. The lowest BCUT2D eigenvalue weighted by atomic mass is 9.83. The Morgan fingerprint density at radius 1 is 0.811 bits per heavy atom. The molecule has 3 atom stereocenters. The smallest absolute Gasteiger partial charge is 0.312 e. The summed E-state index contributed by atoms with van der Waals surface area (Å²) in [6, 6.07) is 27.8. The van der Waals surface area contributed by atoms with Gasteiger partial charge in [-0.1, -0.05) is 89.8 Å². The van der Waals surface area contributed by atoms with Gasteiger partial charge in [-0.05, 0) is 29.3 Å². The molecule has 37 heavy (non-hydrogen) atoms. The topological polar surface area (TPSA) is 73.1 Å². The van der Waals surface area contributed by atoms with Crippen molar-refractivity contribution in [2.75, 3.05) is 0 Å². The van der Waals surface area contributed by atoms with E-state index in [2.05, 4.69) is 40.3 Å². The van der Waals surface area contributed by atoms with Crippen LogP contribution >= 0.6 is 23.1 Å². The molecule has 1 N–H and O–H groups in total. The number of benzene rings is 3.